The fraction of sp³-hybridized carbons (Fsp3) is 0.125. The predicted octanol–water partition coefficient (Wildman–Crippen LogP) is 4.13. The van der Waals surface area contributed by atoms with Crippen LogP contribution in [-0.4, -0.2) is 17.0 Å². The fourth-order valence-corrected chi connectivity index (χ4v) is 3.03. The van der Waals surface area contributed by atoms with Crippen molar-refractivity contribution < 1.29 is 0 Å². The van der Waals surface area contributed by atoms with Crippen LogP contribution in [0.1, 0.15) is 5.56 Å². The van der Waals surface area contributed by atoms with E-state index in [4.69, 9.17) is 0 Å². The molecule has 0 aliphatic carbocycles. The molecule has 0 saturated heterocycles. The second-order valence-electron chi connectivity index (χ2n) is 4.51. The number of nitrogens with zero attached hydrogens (tertiary/aromatic N) is 2. The lowest BCUT2D eigenvalue weighted by molar-refractivity contribution is 1.00. The second kappa shape index (κ2) is 5.51. The average Bonchev–Trinajstić information content (AvgIpc) is 2.49. The molecule has 3 nitrogen and oxygen atoms in total. The number of benzene rings is 2. The number of fused-ring (bicyclic) bond motifs is 1. The molecule has 0 saturated carbocycles. The van der Waals surface area contributed by atoms with Gasteiger partial charge in [-0.2, -0.15) is 0 Å². The van der Waals surface area contributed by atoms with E-state index in [-0.39, 0.29) is 0 Å². The Morgan fingerprint density at radius 3 is 2.60 bits per heavy atom. The number of hydrogen-bond donors (Lipinski definition) is 1. The van der Waals surface area contributed by atoms with E-state index in [1.165, 1.54) is 15.7 Å². The maximum Gasteiger partial charge on any atom is 0.133 e. The predicted molar refractivity (Wildman–Crippen MR) is 84.4 cm³/mol. The fourth-order valence-electron chi connectivity index (χ4n) is 2.13. The number of nitrogens with one attached hydrogen (secondary N) is 1. The van der Waals surface area contributed by atoms with Crippen molar-refractivity contribution in [1.82, 2.24) is 9.97 Å². The van der Waals surface area contributed by atoms with Crippen LogP contribution in [0.4, 0.5) is 5.82 Å². The molecule has 20 heavy (non-hydrogen) atoms. The Balaban J connectivity index is 1.97. The molecule has 0 spiro atoms. The maximum atomic E-state index is 4.37. The molecule has 0 radical (unpaired) electrons. The summed E-state index contributed by atoms with van der Waals surface area (Å²) in [5, 5.41) is 6.58. The molecule has 0 bridgehead atoms. The van der Waals surface area contributed by atoms with E-state index in [1.807, 2.05) is 14.0 Å². The third-order valence-electron chi connectivity index (χ3n) is 3.21. The molecular weight excluding hydrogens is 266 g/mol. The SMILES string of the molecule is CNc1ncnc(Sc2ccc3ccccc3c2)c1C. The number of rotatable bonds is 3. The summed E-state index contributed by atoms with van der Waals surface area (Å²) in [7, 11) is 1.87. The third kappa shape index (κ3) is 2.47. The quantitative estimate of drug-likeness (QED) is 0.732. The molecule has 0 unspecified atom stereocenters. The van der Waals surface area contributed by atoms with E-state index in [0.717, 1.165) is 16.4 Å². The van der Waals surface area contributed by atoms with E-state index in [1.54, 1.807) is 18.1 Å². The highest BCUT2D eigenvalue weighted by atomic mass is 32.2. The van der Waals surface area contributed by atoms with Gasteiger partial charge < -0.3 is 5.32 Å². The van der Waals surface area contributed by atoms with E-state index in [9.17, 15) is 0 Å². The van der Waals surface area contributed by atoms with E-state index < -0.39 is 0 Å². The minimum Gasteiger partial charge on any atom is -0.373 e. The minimum absolute atomic E-state index is 0.878. The first-order valence-corrected chi connectivity index (χ1v) is 7.25. The largest absolute Gasteiger partial charge is 0.373 e. The number of aromatic nitrogens is 2. The van der Waals surface area contributed by atoms with Crippen LogP contribution >= 0.6 is 11.8 Å². The van der Waals surface area contributed by atoms with Crippen molar-refractivity contribution in [2.24, 2.45) is 0 Å². The Bertz CT molecular complexity index is 756. The van der Waals surface area contributed by atoms with Crippen molar-refractivity contribution in [2.45, 2.75) is 16.8 Å². The minimum atomic E-state index is 0.878. The smallest absolute Gasteiger partial charge is 0.133 e. The molecule has 3 aromatic rings. The van der Waals surface area contributed by atoms with Crippen LogP contribution in [0, 0.1) is 6.92 Å². The van der Waals surface area contributed by atoms with Crippen molar-refractivity contribution in [3.8, 4) is 0 Å². The Hall–Kier alpha value is -2.07. The molecule has 4 heteroatoms. The highest BCUT2D eigenvalue weighted by Crippen LogP contribution is 2.32. The molecule has 0 aliphatic rings. The van der Waals surface area contributed by atoms with Gasteiger partial charge in [0.15, 0.2) is 0 Å². The molecule has 3 rings (SSSR count). The summed E-state index contributed by atoms with van der Waals surface area (Å²) in [6, 6.07) is 14.8. The summed E-state index contributed by atoms with van der Waals surface area (Å²) >= 11 is 1.67. The van der Waals surface area contributed by atoms with Gasteiger partial charge >= 0.3 is 0 Å². The third-order valence-corrected chi connectivity index (χ3v) is 4.30. The van der Waals surface area contributed by atoms with Crippen LogP contribution in [0.3, 0.4) is 0 Å². The van der Waals surface area contributed by atoms with Gasteiger partial charge in [-0.1, -0.05) is 42.1 Å². The van der Waals surface area contributed by atoms with Gasteiger partial charge in [0.25, 0.3) is 0 Å². The van der Waals surface area contributed by atoms with Gasteiger partial charge in [0.1, 0.15) is 17.2 Å². The lowest BCUT2D eigenvalue weighted by atomic mass is 10.1. The summed E-state index contributed by atoms with van der Waals surface area (Å²) in [5.41, 5.74) is 1.08. The van der Waals surface area contributed by atoms with Crippen molar-refractivity contribution in [2.75, 3.05) is 12.4 Å². The molecule has 0 fully saturated rings. The van der Waals surface area contributed by atoms with Crippen LogP contribution in [0.15, 0.2) is 58.7 Å². The monoisotopic (exact) mass is 281 g/mol. The highest BCUT2D eigenvalue weighted by molar-refractivity contribution is 7.99. The standard InChI is InChI=1S/C16H15N3S/c1-11-15(17-2)18-10-19-16(11)20-14-8-7-12-5-3-4-6-13(12)9-14/h3-10H,1-2H3,(H,17,18,19). The van der Waals surface area contributed by atoms with Gasteiger partial charge in [-0.15, -0.1) is 0 Å². The van der Waals surface area contributed by atoms with E-state index in [0.29, 0.717) is 0 Å². The summed E-state index contributed by atoms with van der Waals surface area (Å²) in [6.07, 6.45) is 1.60. The molecule has 1 N–H and O–H groups in total. The summed E-state index contributed by atoms with van der Waals surface area (Å²) in [5.74, 6) is 0.878. The first kappa shape index (κ1) is 12.9. The van der Waals surface area contributed by atoms with Gasteiger partial charge in [-0.05, 0) is 29.8 Å². The van der Waals surface area contributed by atoms with Gasteiger partial charge in [-0.25, -0.2) is 9.97 Å². The Morgan fingerprint density at radius 2 is 1.80 bits per heavy atom. The average molecular weight is 281 g/mol. The molecule has 0 atom stereocenters. The normalized spacial score (nSPS) is 10.7. The second-order valence-corrected chi connectivity index (χ2v) is 5.58. The summed E-state index contributed by atoms with van der Waals surface area (Å²) < 4.78 is 0. The molecule has 2 aromatic carbocycles. The molecular formula is C16H15N3S. The van der Waals surface area contributed by atoms with Gasteiger partial charge in [-0.3, -0.25) is 0 Å². The lowest BCUT2D eigenvalue weighted by Gasteiger charge is -2.08. The Kier molecular flexibility index (Phi) is 3.56. The molecule has 100 valence electrons. The van der Waals surface area contributed by atoms with E-state index >= 15 is 0 Å². The summed E-state index contributed by atoms with van der Waals surface area (Å²) in [6.45, 7) is 2.04. The van der Waals surface area contributed by atoms with Crippen LogP contribution in [0.5, 0.6) is 0 Å². The summed E-state index contributed by atoms with van der Waals surface area (Å²) in [4.78, 5) is 9.78. The van der Waals surface area contributed by atoms with Crippen molar-refractivity contribution >= 4 is 28.4 Å². The lowest BCUT2D eigenvalue weighted by Crippen LogP contribution is -1.98. The number of hydrogen-bond acceptors (Lipinski definition) is 4. The first-order chi connectivity index (χ1) is 9.78. The Morgan fingerprint density at radius 1 is 1.00 bits per heavy atom. The van der Waals surface area contributed by atoms with E-state index in [2.05, 4.69) is 57.7 Å². The van der Waals surface area contributed by atoms with Crippen LogP contribution in [0.2, 0.25) is 0 Å². The van der Waals surface area contributed by atoms with Gasteiger partial charge in [0.05, 0.1) is 0 Å². The zero-order valence-corrected chi connectivity index (χ0v) is 12.2. The molecule has 0 aliphatic heterocycles. The van der Waals surface area contributed by atoms with Crippen LogP contribution in [0.25, 0.3) is 10.8 Å². The zero-order valence-electron chi connectivity index (χ0n) is 11.4. The zero-order chi connectivity index (χ0) is 13.9. The van der Waals surface area contributed by atoms with Crippen LogP contribution < -0.4 is 5.32 Å². The van der Waals surface area contributed by atoms with Gasteiger partial charge in [0, 0.05) is 17.5 Å². The van der Waals surface area contributed by atoms with Crippen LogP contribution in [-0.2, 0) is 0 Å². The number of anilines is 1. The Labute approximate surface area is 122 Å². The van der Waals surface area contributed by atoms with Crippen molar-refractivity contribution in [3.63, 3.8) is 0 Å². The molecule has 1 aromatic heterocycles. The van der Waals surface area contributed by atoms with Crippen molar-refractivity contribution in [1.29, 1.82) is 0 Å². The topological polar surface area (TPSA) is 37.8 Å². The maximum absolute atomic E-state index is 4.37. The van der Waals surface area contributed by atoms with Crippen molar-refractivity contribution in [3.05, 3.63) is 54.4 Å². The first-order valence-electron chi connectivity index (χ1n) is 6.44. The van der Waals surface area contributed by atoms with Gasteiger partial charge in [0.2, 0.25) is 0 Å². The molecule has 0 amide bonds. The highest BCUT2D eigenvalue weighted by Gasteiger charge is 2.07. The molecule has 1 heterocycles.